The van der Waals surface area contributed by atoms with Crippen LogP contribution in [0.5, 0.6) is 5.75 Å². The summed E-state index contributed by atoms with van der Waals surface area (Å²) in [5.74, 6) is 0.660. The molecule has 7 heteroatoms. The summed E-state index contributed by atoms with van der Waals surface area (Å²) >= 11 is 0. The largest absolute Gasteiger partial charge is 0.497 e. The number of aldehydes is 1. The van der Waals surface area contributed by atoms with Crippen LogP contribution < -0.4 is 9.46 Å². The van der Waals surface area contributed by atoms with Crippen LogP contribution >= 0.6 is 0 Å². The third-order valence-electron chi connectivity index (χ3n) is 2.61. The van der Waals surface area contributed by atoms with E-state index in [1.54, 1.807) is 31.4 Å². The van der Waals surface area contributed by atoms with Crippen LogP contribution in [0.4, 0.5) is 0 Å². The molecule has 0 aliphatic heterocycles. The predicted octanol–water partition coefficient (Wildman–Crippen LogP) is 1.58. The molecule has 0 saturated heterocycles. The molecule has 0 atom stereocenters. The quantitative estimate of drug-likeness (QED) is 0.818. The lowest BCUT2D eigenvalue weighted by Gasteiger charge is -2.05. The number of carbonyl (C=O) groups is 1. The van der Waals surface area contributed by atoms with Gasteiger partial charge >= 0.3 is 0 Å². The highest BCUT2D eigenvalue weighted by molar-refractivity contribution is 7.89. The molecule has 0 radical (unpaired) electrons. The Morgan fingerprint density at radius 3 is 2.45 bits per heavy atom. The number of carbonyl (C=O) groups excluding carboxylic acids is 1. The summed E-state index contributed by atoms with van der Waals surface area (Å²) in [6.45, 7) is 0.115. The highest BCUT2D eigenvalue weighted by Gasteiger charge is 2.18. The Morgan fingerprint density at radius 2 is 1.90 bits per heavy atom. The molecule has 1 heterocycles. The molecule has 2 rings (SSSR count). The average molecular weight is 295 g/mol. The Morgan fingerprint density at radius 1 is 1.20 bits per heavy atom. The van der Waals surface area contributed by atoms with E-state index in [1.807, 2.05) is 0 Å². The van der Waals surface area contributed by atoms with E-state index in [-0.39, 0.29) is 17.4 Å². The maximum atomic E-state index is 11.9. The number of ether oxygens (including phenoxy) is 1. The van der Waals surface area contributed by atoms with E-state index in [1.165, 1.54) is 12.1 Å². The summed E-state index contributed by atoms with van der Waals surface area (Å²) in [4.78, 5) is 10.5. The van der Waals surface area contributed by atoms with Crippen molar-refractivity contribution in [2.75, 3.05) is 7.11 Å². The number of sulfonamides is 1. The minimum Gasteiger partial charge on any atom is -0.497 e. The summed E-state index contributed by atoms with van der Waals surface area (Å²) in [7, 11) is -2.22. The zero-order valence-electron chi connectivity index (χ0n) is 10.7. The maximum absolute atomic E-state index is 11.9. The van der Waals surface area contributed by atoms with Crippen LogP contribution in [0.3, 0.4) is 0 Å². The third-order valence-corrected chi connectivity index (χ3v) is 3.88. The summed E-state index contributed by atoms with van der Waals surface area (Å²) in [5.41, 5.74) is 0.775. The summed E-state index contributed by atoms with van der Waals surface area (Å²) < 4.78 is 36.1. The van der Waals surface area contributed by atoms with Crippen molar-refractivity contribution < 1.29 is 22.4 Å². The molecule has 0 spiro atoms. The van der Waals surface area contributed by atoms with Gasteiger partial charge in [0.25, 0.3) is 10.0 Å². The van der Waals surface area contributed by atoms with Gasteiger partial charge in [-0.2, -0.15) is 0 Å². The van der Waals surface area contributed by atoms with Crippen LogP contribution in [0.2, 0.25) is 0 Å². The average Bonchev–Trinajstić information content (AvgIpc) is 2.95. The lowest BCUT2D eigenvalue weighted by Crippen LogP contribution is -2.22. The molecule has 0 aliphatic rings. The fraction of sp³-hybridized carbons (Fsp3) is 0.154. The summed E-state index contributed by atoms with van der Waals surface area (Å²) in [6, 6.07) is 9.51. The third kappa shape index (κ3) is 3.25. The van der Waals surface area contributed by atoms with Crippen molar-refractivity contribution in [1.29, 1.82) is 0 Å². The number of hydrogen-bond acceptors (Lipinski definition) is 5. The Labute approximate surface area is 116 Å². The van der Waals surface area contributed by atoms with Crippen LogP contribution in [0, 0.1) is 0 Å². The fourth-order valence-corrected chi connectivity index (χ4v) is 2.49. The van der Waals surface area contributed by atoms with Gasteiger partial charge in [-0.15, -0.1) is 0 Å². The predicted molar refractivity (Wildman–Crippen MR) is 71.1 cm³/mol. The normalized spacial score (nSPS) is 11.2. The second kappa shape index (κ2) is 5.89. The first kappa shape index (κ1) is 14.3. The number of benzene rings is 1. The molecule has 1 N–H and O–H groups in total. The van der Waals surface area contributed by atoms with Crippen molar-refractivity contribution in [3.8, 4) is 5.75 Å². The standard InChI is InChI=1S/C13H13NO5S/c1-18-11-4-2-10(3-5-11)8-14-20(16,17)13-7-6-12(9-15)19-13/h2-7,9,14H,8H2,1H3. The van der Waals surface area contributed by atoms with E-state index in [9.17, 15) is 13.2 Å². The van der Waals surface area contributed by atoms with E-state index in [0.717, 1.165) is 5.56 Å². The van der Waals surface area contributed by atoms with Gasteiger partial charge < -0.3 is 9.15 Å². The minimum absolute atomic E-state index is 0.0326. The number of hydrogen-bond donors (Lipinski definition) is 1. The molecule has 1 aromatic heterocycles. The zero-order valence-corrected chi connectivity index (χ0v) is 11.5. The van der Waals surface area contributed by atoms with Gasteiger partial charge in [-0.25, -0.2) is 13.1 Å². The van der Waals surface area contributed by atoms with Gasteiger partial charge in [0, 0.05) is 6.54 Å². The van der Waals surface area contributed by atoms with Crippen LogP contribution in [0.1, 0.15) is 16.1 Å². The van der Waals surface area contributed by atoms with Gasteiger partial charge in [-0.1, -0.05) is 12.1 Å². The molecule has 1 aromatic carbocycles. The number of nitrogens with one attached hydrogen (secondary N) is 1. The van der Waals surface area contributed by atoms with Gasteiger partial charge in [0.2, 0.25) is 5.09 Å². The van der Waals surface area contributed by atoms with Crippen molar-refractivity contribution in [2.24, 2.45) is 0 Å². The monoisotopic (exact) mass is 295 g/mol. The maximum Gasteiger partial charge on any atom is 0.274 e. The van der Waals surface area contributed by atoms with Crippen LogP contribution in [0.25, 0.3) is 0 Å². The second-order valence-corrected chi connectivity index (χ2v) is 5.65. The molecule has 0 fully saturated rings. The molecule has 0 aliphatic carbocycles. The summed E-state index contributed by atoms with van der Waals surface area (Å²) in [6.07, 6.45) is 0.447. The smallest absolute Gasteiger partial charge is 0.274 e. The van der Waals surface area contributed by atoms with Crippen LogP contribution in [0.15, 0.2) is 45.9 Å². The molecule has 6 nitrogen and oxygen atoms in total. The van der Waals surface area contributed by atoms with Crippen LogP contribution in [-0.2, 0) is 16.6 Å². The van der Waals surface area contributed by atoms with Crippen molar-refractivity contribution in [3.63, 3.8) is 0 Å². The van der Waals surface area contributed by atoms with Gasteiger partial charge in [0.1, 0.15) is 5.75 Å². The first-order valence-corrected chi connectivity index (χ1v) is 7.21. The van der Waals surface area contributed by atoms with Gasteiger partial charge in [-0.3, -0.25) is 4.79 Å². The fourth-order valence-electron chi connectivity index (χ4n) is 1.54. The number of furan rings is 1. The molecule has 20 heavy (non-hydrogen) atoms. The first-order chi connectivity index (χ1) is 9.55. The van der Waals surface area contributed by atoms with Crippen molar-refractivity contribution in [1.82, 2.24) is 4.72 Å². The molecular formula is C13H13NO5S. The highest BCUT2D eigenvalue weighted by atomic mass is 32.2. The Bertz CT molecular complexity index is 688. The van der Waals surface area contributed by atoms with E-state index < -0.39 is 10.0 Å². The Balaban J connectivity index is 2.06. The SMILES string of the molecule is COc1ccc(CNS(=O)(=O)c2ccc(C=O)o2)cc1. The van der Waals surface area contributed by atoms with Crippen molar-refractivity contribution >= 4 is 16.3 Å². The molecule has 2 aromatic rings. The molecule has 106 valence electrons. The molecular weight excluding hydrogens is 282 g/mol. The van der Waals surface area contributed by atoms with Crippen molar-refractivity contribution in [3.05, 3.63) is 47.7 Å². The molecule has 0 bridgehead atoms. The van der Waals surface area contributed by atoms with E-state index in [4.69, 9.17) is 9.15 Å². The van der Waals surface area contributed by atoms with Crippen molar-refractivity contribution in [2.45, 2.75) is 11.6 Å². The van der Waals surface area contributed by atoms with E-state index >= 15 is 0 Å². The van der Waals surface area contributed by atoms with Gasteiger partial charge in [-0.05, 0) is 29.8 Å². The molecule has 0 saturated carbocycles. The van der Waals surface area contributed by atoms with Crippen LogP contribution in [-0.4, -0.2) is 21.8 Å². The molecule has 0 unspecified atom stereocenters. The lowest BCUT2D eigenvalue weighted by molar-refractivity contribution is 0.109. The topological polar surface area (TPSA) is 85.6 Å². The lowest BCUT2D eigenvalue weighted by atomic mass is 10.2. The van der Waals surface area contributed by atoms with Gasteiger partial charge in [0.05, 0.1) is 7.11 Å². The van der Waals surface area contributed by atoms with E-state index in [2.05, 4.69) is 4.72 Å². The first-order valence-electron chi connectivity index (χ1n) is 5.73. The minimum atomic E-state index is -3.77. The zero-order chi connectivity index (χ0) is 14.6. The number of rotatable bonds is 6. The Kier molecular flexibility index (Phi) is 4.21. The van der Waals surface area contributed by atoms with Gasteiger partial charge in [0.15, 0.2) is 12.0 Å². The highest BCUT2D eigenvalue weighted by Crippen LogP contribution is 2.14. The number of methoxy groups -OCH3 is 1. The second-order valence-electron chi connectivity index (χ2n) is 3.95. The Hall–Kier alpha value is -2.12. The van der Waals surface area contributed by atoms with E-state index in [0.29, 0.717) is 12.0 Å². The molecule has 0 amide bonds. The summed E-state index contributed by atoms with van der Waals surface area (Å²) in [5, 5.41) is -0.284.